The highest BCUT2D eigenvalue weighted by molar-refractivity contribution is 5.93. The lowest BCUT2D eigenvalue weighted by atomic mass is 9.78. The molecular weight excluding hydrogens is 502 g/mol. The van der Waals surface area contributed by atoms with Crippen molar-refractivity contribution in [3.8, 4) is 5.75 Å². The van der Waals surface area contributed by atoms with Crippen LogP contribution in [0, 0.1) is 5.92 Å². The molecule has 1 unspecified atom stereocenters. The number of fused-ring (bicyclic) bond motifs is 3. The highest BCUT2D eigenvalue weighted by Crippen LogP contribution is 2.42. The van der Waals surface area contributed by atoms with E-state index in [1.807, 2.05) is 78.9 Å². The molecule has 0 spiro atoms. The van der Waals surface area contributed by atoms with Crippen LogP contribution in [-0.4, -0.2) is 18.2 Å². The quantitative estimate of drug-likeness (QED) is 0.194. The van der Waals surface area contributed by atoms with Gasteiger partial charge in [0.05, 0.1) is 17.1 Å². The maximum atomic E-state index is 11.3. The van der Waals surface area contributed by atoms with E-state index in [-0.39, 0.29) is 5.92 Å². The summed E-state index contributed by atoms with van der Waals surface area (Å²) in [6.45, 7) is 0. The third-order valence-electron chi connectivity index (χ3n) is 6.96. The van der Waals surface area contributed by atoms with Crippen molar-refractivity contribution in [3.05, 3.63) is 120 Å². The summed E-state index contributed by atoms with van der Waals surface area (Å²) in [5.41, 5.74) is 4.19. The highest BCUT2D eigenvalue weighted by atomic mass is 16.5. The normalized spacial score (nSPS) is 15.8. The number of nitrogens with zero attached hydrogens (tertiary/aromatic N) is 3. The standard InChI is InChI=1S/C33H19N3O4/c37-18-34-27-8-3-21-1-2-24(13-25(21)14-27)33-31-17-30(11-6-23(31)7-12-32(33)36-20-39)40-29-10-5-22-4-9-28(35-19-38)15-26(22)16-29/h1-5,7-17,23H,6H2. The lowest BCUT2D eigenvalue weighted by Crippen LogP contribution is -2.13. The minimum Gasteiger partial charge on any atom is -0.458 e. The monoisotopic (exact) mass is 521 g/mol. The maximum Gasteiger partial charge on any atom is 0.240 e. The van der Waals surface area contributed by atoms with Crippen molar-refractivity contribution < 1.29 is 19.1 Å². The lowest BCUT2D eigenvalue weighted by Gasteiger charge is -2.27. The molecule has 0 saturated heterocycles. The molecule has 7 nitrogen and oxygen atoms in total. The number of benzene rings is 4. The topological polar surface area (TPSA) is 97.5 Å². The number of ether oxygens (including phenoxy) is 1. The van der Waals surface area contributed by atoms with Crippen LogP contribution in [0.3, 0.4) is 0 Å². The Morgan fingerprint density at radius 1 is 0.700 bits per heavy atom. The zero-order chi connectivity index (χ0) is 27.5. The van der Waals surface area contributed by atoms with Crippen molar-refractivity contribution in [1.82, 2.24) is 0 Å². The van der Waals surface area contributed by atoms with E-state index in [0.29, 0.717) is 35.0 Å². The Morgan fingerprint density at radius 2 is 1.35 bits per heavy atom. The van der Waals surface area contributed by atoms with E-state index in [1.54, 1.807) is 36.4 Å². The third kappa shape index (κ3) is 4.79. The number of hydrogen-bond acceptors (Lipinski definition) is 7. The van der Waals surface area contributed by atoms with E-state index in [0.717, 1.165) is 38.3 Å². The smallest absolute Gasteiger partial charge is 0.240 e. The molecule has 4 aromatic carbocycles. The average molecular weight is 522 g/mol. The number of hydrogen-bond donors (Lipinski definition) is 0. The SMILES string of the molecule is O=C=NC1=C(c2ccc3ccc(N=C=O)cc3c2)C2=CC(Oc3ccc4ccc(N=C=O)cc4c3)=CCC2C=C1. The van der Waals surface area contributed by atoms with Crippen LogP contribution in [0.2, 0.25) is 0 Å². The van der Waals surface area contributed by atoms with E-state index in [9.17, 15) is 14.4 Å². The molecule has 190 valence electrons. The molecule has 0 heterocycles. The predicted molar refractivity (Wildman–Crippen MR) is 153 cm³/mol. The maximum absolute atomic E-state index is 11.3. The van der Waals surface area contributed by atoms with Crippen LogP contribution in [0.4, 0.5) is 11.4 Å². The van der Waals surface area contributed by atoms with Gasteiger partial charge in [0.1, 0.15) is 11.5 Å². The lowest BCUT2D eigenvalue weighted by molar-refractivity contribution is 0.436. The van der Waals surface area contributed by atoms with E-state index >= 15 is 0 Å². The van der Waals surface area contributed by atoms with Gasteiger partial charge in [-0.05, 0) is 99.8 Å². The van der Waals surface area contributed by atoms with E-state index in [2.05, 4.69) is 15.0 Å². The molecular formula is C33H19N3O4. The number of aliphatic imine (C=N–C) groups is 3. The second kappa shape index (κ2) is 10.6. The number of isocyanates is 3. The Kier molecular flexibility index (Phi) is 6.51. The average Bonchev–Trinajstić information content (AvgIpc) is 2.97. The van der Waals surface area contributed by atoms with Crippen LogP contribution in [0.25, 0.3) is 27.1 Å². The van der Waals surface area contributed by atoms with Crippen molar-refractivity contribution in [2.75, 3.05) is 0 Å². The zero-order valence-electron chi connectivity index (χ0n) is 21.0. The molecule has 7 heteroatoms. The molecule has 0 radical (unpaired) electrons. The van der Waals surface area contributed by atoms with Gasteiger partial charge >= 0.3 is 0 Å². The molecule has 0 fully saturated rings. The summed E-state index contributed by atoms with van der Waals surface area (Å²) in [6.07, 6.45) is 13.4. The van der Waals surface area contributed by atoms with Crippen molar-refractivity contribution >= 4 is 56.7 Å². The molecule has 0 aliphatic heterocycles. The second-order valence-electron chi connectivity index (χ2n) is 9.32. The van der Waals surface area contributed by atoms with Gasteiger partial charge in [0.15, 0.2) is 0 Å². The summed E-state index contributed by atoms with van der Waals surface area (Å²) in [5.74, 6) is 1.38. The first-order valence-corrected chi connectivity index (χ1v) is 12.5. The summed E-state index contributed by atoms with van der Waals surface area (Å²) >= 11 is 0. The molecule has 40 heavy (non-hydrogen) atoms. The molecule has 0 aromatic heterocycles. The van der Waals surface area contributed by atoms with E-state index in [1.165, 1.54) is 0 Å². The van der Waals surface area contributed by atoms with Gasteiger partial charge in [-0.15, -0.1) is 0 Å². The predicted octanol–water partition coefficient (Wildman–Crippen LogP) is 7.45. The van der Waals surface area contributed by atoms with Gasteiger partial charge in [-0.25, -0.2) is 14.4 Å². The molecule has 6 rings (SSSR count). The van der Waals surface area contributed by atoms with Gasteiger partial charge in [0.2, 0.25) is 18.2 Å². The minimum atomic E-state index is 0.0787. The van der Waals surface area contributed by atoms with Gasteiger partial charge in [-0.2, -0.15) is 15.0 Å². The summed E-state index contributed by atoms with van der Waals surface area (Å²) in [7, 11) is 0. The number of allylic oxidation sites excluding steroid dienone is 6. The highest BCUT2D eigenvalue weighted by Gasteiger charge is 2.26. The van der Waals surface area contributed by atoms with Gasteiger partial charge in [0, 0.05) is 11.5 Å². The fourth-order valence-electron chi connectivity index (χ4n) is 5.14. The van der Waals surface area contributed by atoms with Crippen LogP contribution < -0.4 is 4.74 Å². The second-order valence-corrected chi connectivity index (χ2v) is 9.32. The van der Waals surface area contributed by atoms with Crippen molar-refractivity contribution in [2.24, 2.45) is 20.9 Å². The summed E-state index contributed by atoms with van der Waals surface area (Å²) in [4.78, 5) is 44.2. The first kappa shape index (κ1) is 24.6. The molecule has 0 N–H and O–H groups in total. The van der Waals surface area contributed by atoms with E-state index in [4.69, 9.17) is 4.74 Å². The van der Waals surface area contributed by atoms with Gasteiger partial charge in [-0.1, -0.05) is 36.4 Å². The first-order valence-electron chi connectivity index (χ1n) is 12.5. The Bertz CT molecular complexity index is 1980. The fourth-order valence-corrected chi connectivity index (χ4v) is 5.14. The molecule has 4 aromatic rings. The number of carbonyl (C=O) groups excluding carboxylic acids is 3. The molecule has 0 amide bonds. The summed E-state index contributed by atoms with van der Waals surface area (Å²) in [6, 6.07) is 22.6. The molecule has 1 atom stereocenters. The Balaban J connectivity index is 1.40. The Labute approximate surface area is 228 Å². The first-order chi connectivity index (χ1) is 19.6. The molecule has 2 aliphatic rings. The van der Waals surface area contributed by atoms with Crippen LogP contribution in [0.1, 0.15) is 12.0 Å². The number of rotatable bonds is 6. The molecule has 0 bridgehead atoms. The van der Waals surface area contributed by atoms with Crippen LogP contribution in [0.15, 0.2) is 129 Å². The van der Waals surface area contributed by atoms with Gasteiger partial charge in [-0.3, -0.25) is 0 Å². The van der Waals surface area contributed by atoms with Crippen molar-refractivity contribution in [3.63, 3.8) is 0 Å². The van der Waals surface area contributed by atoms with Crippen LogP contribution in [0.5, 0.6) is 5.75 Å². The Hall–Kier alpha value is -5.70. The molecule has 0 saturated carbocycles. The van der Waals surface area contributed by atoms with Crippen molar-refractivity contribution in [2.45, 2.75) is 6.42 Å². The third-order valence-corrected chi connectivity index (χ3v) is 6.96. The van der Waals surface area contributed by atoms with Crippen LogP contribution in [-0.2, 0) is 14.4 Å². The largest absolute Gasteiger partial charge is 0.458 e. The fraction of sp³-hybridized carbons (Fsp3) is 0.0606. The Morgan fingerprint density at radius 3 is 2.05 bits per heavy atom. The zero-order valence-corrected chi connectivity index (χ0v) is 21.0. The van der Waals surface area contributed by atoms with Gasteiger partial charge in [0.25, 0.3) is 0 Å². The van der Waals surface area contributed by atoms with E-state index < -0.39 is 0 Å². The van der Waals surface area contributed by atoms with Crippen molar-refractivity contribution in [1.29, 1.82) is 0 Å². The molecule has 2 aliphatic carbocycles. The van der Waals surface area contributed by atoms with Crippen LogP contribution >= 0.6 is 0 Å². The summed E-state index contributed by atoms with van der Waals surface area (Å²) in [5, 5.41) is 3.75. The summed E-state index contributed by atoms with van der Waals surface area (Å²) < 4.78 is 6.28. The van der Waals surface area contributed by atoms with Gasteiger partial charge < -0.3 is 4.74 Å². The minimum absolute atomic E-state index is 0.0787.